The fourth-order valence-corrected chi connectivity index (χ4v) is 3.32. The minimum atomic E-state index is -0.494. The van der Waals surface area contributed by atoms with E-state index in [0.29, 0.717) is 5.92 Å². The summed E-state index contributed by atoms with van der Waals surface area (Å²) in [5, 5.41) is 5.11. The van der Waals surface area contributed by atoms with Crippen LogP contribution in [0.25, 0.3) is 22.2 Å². The number of aryl methyl sites for hydroxylation is 1. The van der Waals surface area contributed by atoms with Crippen LogP contribution in [0.5, 0.6) is 5.75 Å². The molecular formula is C20H25FN4O. The van der Waals surface area contributed by atoms with Gasteiger partial charge in [-0.05, 0) is 48.6 Å². The van der Waals surface area contributed by atoms with E-state index in [4.69, 9.17) is 10.5 Å². The summed E-state index contributed by atoms with van der Waals surface area (Å²) in [5.41, 5.74) is 8.15. The third-order valence-electron chi connectivity index (χ3n) is 4.31. The molecule has 3 rings (SSSR count). The van der Waals surface area contributed by atoms with Gasteiger partial charge in [-0.2, -0.15) is 5.10 Å². The number of halogens is 1. The van der Waals surface area contributed by atoms with E-state index in [1.54, 1.807) is 23.1 Å². The van der Waals surface area contributed by atoms with Crippen molar-refractivity contribution in [2.75, 3.05) is 6.61 Å². The van der Waals surface area contributed by atoms with Gasteiger partial charge in [0.15, 0.2) is 17.2 Å². The van der Waals surface area contributed by atoms with Crippen LogP contribution < -0.4 is 10.5 Å². The summed E-state index contributed by atoms with van der Waals surface area (Å²) in [5.74, 6) is 0.261. The standard InChI is InChI=1S/C20H25FN4O/c1-13(2)10-20(3,22)12-26-18-6-5-14(9-17(18)21)15-7-8-23-19-16(15)11-24-25(19)4/h5-9,11,13H,10,12,22H2,1-4H3. The van der Waals surface area contributed by atoms with Crippen LogP contribution in [0.2, 0.25) is 0 Å². The van der Waals surface area contributed by atoms with E-state index in [1.807, 2.05) is 26.1 Å². The number of nitrogens with zero attached hydrogens (tertiary/aromatic N) is 3. The molecule has 0 aliphatic carbocycles. The van der Waals surface area contributed by atoms with Gasteiger partial charge in [-0.3, -0.25) is 4.68 Å². The molecule has 138 valence electrons. The minimum absolute atomic E-state index is 0.214. The number of hydrogen-bond acceptors (Lipinski definition) is 4. The number of benzene rings is 1. The molecule has 0 saturated heterocycles. The molecule has 2 heterocycles. The van der Waals surface area contributed by atoms with Gasteiger partial charge < -0.3 is 10.5 Å². The van der Waals surface area contributed by atoms with Gasteiger partial charge >= 0.3 is 0 Å². The number of fused-ring (bicyclic) bond motifs is 1. The van der Waals surface area contributed by atoms with Crippen molar-refractivity contribution >= 4 is 11.0 Å². The zero-order valence-corrected chi connectivity index (χ0v) is 15.7. The minimum Gasteiger partial charge on any atom is -0.489 e. The zero-order chi connectivity index (χ0) is 18.9. The highest BCUT2D eigenvalue weighted by Crippen LogP contribution is 2.30. The molecule has 1 unspecified atom stereocenters. The first-order chi connectivity index (χ1) is 12.3. The molecule has 0 aliphatic rings. The lowest BCUT2D eigenvalue weighted by Gasteiger charge is -2.26. The van der Waals surface area contributed by atoms with E-state index in [1.165, 1.54) is 6.07 Å². The number of nitrogens with two attached hydrogens (primary N) is 1. The van der Waals surface area contributed by atoms with Gasteiger partial charge in [0.05, 0.1) is 6.20 Å². The highest BCUT2D eigenvalue weighted by atomic mass is 19.1. The van der Waals surface area contributed by atoms with Crippen LogP contribution in [0.4, 0.5) is 4.39 Å². The van der Waals surface area contributed by atoms with Crippen molar-refractivity contribution in [1.82, 2.24) is 14.8 Å². The number of aromatic nitrogens is 3. The Balaban J connectivity index is 1.83. The van der Waals surface area contributed by atoms with Crippen molar-refractivity contribution in [1.29, 1.82) is 0 Å². The number of rotatable bonds is 6. The van der Waals surface area contributed by atoms with Crippen molar-refractivity contribution in [3.05, 3.63) is 42.5 Å². The second-order valence-electron chi connectivity index (χ2n) is 7.55. The predicted octanol–water partition coefficient (Wildman–Crippen LogP) is 3.92. The van der Waals surface area contributed by atoms with Crippen molar-refractivity contribution in [3.63, 3.8) is 0 Å². The van der Waals surface area contributed by atoms with E-state index < -0.39 is 11.4 Å². The zero-order valence-electron chi connectivity index (χ0n) is 15.7. The van der Waals surface area contributed by atoms with Crippen LogP contribution in [-0.4, -0.2) is 26.9 Å². The maximum Gasteiger partial charge on any atom is 0.165 e. The molecule has 5 nitrogen and oxygen atoms in total. The number of hydrogen-bond donors (Lipinski definition) is 1. The average molecular weight is 356 g/mol. The van der Waals surface area contributed by atoms with Gasteiger partial charge in [-0.25, -0.2) is 9.37 Å². The topological polar surface area (TPSA) is 66.0 Å². The number of pyridine rings is 1. The lowest BCUT2D eigenvalue weighted by atomic mass is 9.93. The molecule has 3 aromatic rings. The van der Waals surface area contributed by atoms with Crippen LogP contribution in [0.3, 0.4) is 0 Å². The Morgan fingerprint density at radius 3 is 2.77 bits per heavy atom. The van der Waals surface area contributed by atoms with E-state index in [-0.39, 0.29) is 12.4 Å². The maximum absolute atomic E-state index is 14.6. The Morgan fingerprint density at radius 2 is 2.08 bits per heavy atom. The molecule has 0 radical (unpaired) electrons. The molecule has 1 atom stereocenters. The highest BCUT2D eigenvalue weighted by molar-refractivity contribution is 5.92. The predicted molar refractivity (Wildman–Crippen MR) is 101 cm³/mol. The van der Waals surface area contributed by atoms with Crippen molar-refractivity contribution in [2.45, 2.75) is 32.7 Å². The normalized spacial score (nSPS) is 14.0. The lowest BCUT2D eigenvalue weighted by molar-refractivity contribution is 0.200. The molecule has 0 spiro atoms. The SMILES string of the molecule is CC(C)CC(C)(N)COc1ccc(-c2ccnc3c2cnn3C)cc1F. The summed E-state index contributed by atoms with van der Waals surface area (Å²) in [7, 11) is 1.83. The number of ether oxygens (including phenoxy) is 1. The second kappa shape index (κ2) is 7.03. The monoisotopic (exact) mass is 356 g/mol. The van der Waals surface area contributed by atoms with E-state index in [0.717, 1.165) is 28.6 Å². The first kappa shape index (κ1) is 18.3. The second-order valence-corrected chi connectivity index (χ2v) is 7.55. The molecule has 26 heavy (non-hydrogen) atoms. The molecule has 0 fully saturated rings. The van der Waals surface area contributed by atoms with Crippen LogP contribution in [0, 0.1) is 11.7 Å². The van der Waals surface area contributed by atoms with E-state index in [9.17, 15) is 4.39 Å². The molecule has 0 aliphatic heterocycles. The van der Waals surface area contributed by atoms with E-state index in [2.05, 4.69) is 23.9 Å². The maximum atomic E-state index is 14.6. The summed E-state index contributed by atoms with van der Waals surface area (Å²) >= 11 is 0. The van der Waals surface area contributed by atoms with E-state index >= 15 is 0 Å². The summed E-state index contributed by atoms with van der Waals surface area (Å²) in [6.45, 7) is 6.40. The smallest absolute Gasteiger partial charge is 0.165 e. The first-order valence-electron chi connectivity index (χ1n) is 8.75. The van der Waals surface area contributed by atoms with Gasteiger partial charge in [0.2, 0.25) is 0 Å². The Labute approximate surface area is 153 Å². The first-order valence-corrected chi connectivity index (χ1v) is 8.75. The van der Waals surface area contributed by atoms with Gasteiger partial charge in [-0.1, -0.05) is 19.9 Å². The highest BCUT2D eigenvalue weighted by Gasteiger charge is 2.22. The Hall–Kier alpha value is -2.47. The van der Waals surface area contributed by atoms with Crippen LogP contribution in [-0.2, 0) is 7.05 Å². The summed E-state index contributed by atoms with van der Waals surface area (Å²) in [6, 6.07) is 6.83. The quantitative estimate of drug-likeness (QED) is 0.727. The van der Waals surface area contributed by atoms with Crippen molar-refractivity contribution in [2.24, 2.45) is 18.7 Å². The molecule has 1 aromatic carbocycles. The van der Waals surface area contributed by atoms with Gasteiger partial charge in [0, 0.05) is 24.2 Å². The third kappa shape index (κ3) is 3.85. The molecule has 2 N–H and O–H groups in total. The van der Waals surface area contributed by atoms with Gasteiger partial charge in [0.1, 0.15) is 6.61 Å². The molecule has 0 amide bonds. The largest absolute Gasteiger partial charge is 0.489 e. The molecule has 6 heteroatoms. The Kier molecular flexibility index (Phi) is 4.96. The molecule has 2 aromatic heterocycles. The van der Waals surface area contributed by atoms with Crippen molar-refractivity contribution in [3.8, 4) is 16.9 Å². The van der Waals surface area contributed by atoms with Crippen LogP contribution in [0.15, 0.2) is 36.7 Å². The summed E-state index contributed by atoms with van der Waals surface area (Å²) in [6.07, 6.45) is 4.25. The summed E-state index contributed by atoms with van der Waals surface area (Å²) < 4.78 is 21.9. The third-order valence-corrected chi connectivity index (χ3v) is 4.31. The molecule has 0 saturated carbocycles. The van der Waals surface area contributed by atoms with Crippen LogP contribution >= 0.6 is 0 Å². The Morgan fingerprint density at radius 1 is 1.31 bits per heavy atom. The van der Waals surface area contributed by atoms with Crippen LogP contribution in [0.1, 0.15) is 27.2 Å². The lowest BCUT2D eigenvalue weighted by Crippen LogP contribution is -2.43. The Bertz CT molecular complexity index is 917. The van der Waals surface area contributed by atoms with Crippen molar-refractivity contribution < 1.29 is 9.13 Å². The fraction of sp³-hybridized carbons (Fsp3) is 0.400. The fourth-order valence-electron chi connectivity index (χ4n) is 3.32. The molecule has 0 bridgehead atoms. The summed E-state index contributed by atoms with van der Waals surface area (Å²) in [4.78, 5) is 4.32. The average Bonchev–Trinajstić information content (AvgIpc) is 2.94. The van der Waals surface area contributed by atoms with Gasteiger partial charge in [0.25, 0.3) is 0 Å². The van der Waals surface area contributed by atoms with Gasteiger partial charge in [-0.15, -0.1) is 0 Å². The molecular weight excluding hydrogens is 331 g/mol.